The zero-order valence-electron chi connectivity index (χ0n) is 13.1. The molecule has 4 atom stereocenters. The maximum Gasteiger partial charge on any atom is 0.303 e. The molecule has 7 N–H and O–H groups in total. The van der Waals surface area contributed by atoms with E-state index in [1.807, 2.05) is 6.92 Å². The summed E-state index contributed by atoms with van der Waals surface area (Å²) in [4.78, 5) is 28.9. The summed E-state index contributed by atoms with van der Waals surface area (Å²) < 4.78 is 0. The van der Waals surface area contributed by atoms with E-state index < -0.39 is 43.0 Å². The summed E-state index contributed by atoms with van der Waals surface area (Å²) in [5.74, 6) is -1.46. The maximum atomic E-state index is 9.90. The molecule has 0 rings (SSSR count). The van der Waals surface area contributed by atoms with E-state index in [1.54, 1.807) is 6.92 Å². The summed E-state index contributed by atoms with van der Waals surface area (Å²) in [7, 11) is 0. The van der Waals surface area contributed by atoms with Crippen LogP contribution in [0.25, 0.3) is 0 Å². The minimum atomic E-state index is -1.79. The third kappa shape index (κ3) is 18.4. The largest absolute Gasteiger partial charge is 0.481 e. The number of hydrogen-bond donors (Lipinski definition) is 7. The first-order chi connectivity index (χ1) is 10.6. The topological polar surface area (TPSA) is 193 Å². The maximum absolute atomic E-state index is 9.90. The second-order valence-electron chi connectivity index (χ2n) is 4.25. The average molecular weight is 342 g/mol. The molecule has 10 heteroatoms. The van der Waals surface area contributed by atoms with Crippen molar-refractivity contribution < 1.29 is 50.1 Å². The number of aliphatic hydroxyl groups is 5. The lowest BCUT2D eigenvalue weighted by molar-refractivity contribution is -0.137. The zero-order chi connectivity index (χ0) is 19.0. The molecule has 0 aliphatic rings. The van der Waals surface area contributed by atoms with Gasteiger partial charge >= 0.3 is 11.9 Å². The van der Waals surface area contributed by atoms with Gasteiger partial charge in [0.15, 0.2) is 6.29 Å². The first kappa shape index (κ1) is 26.3. The van der Waals surface area contributed by atoms with E-state index in [0.717, 1.165) is 6.42 Å². The van der Waals surface area contributed by atoms with Crippen LogP contribution < -0.4 is 0 Å². The molecule has 0 fully saturated rings. The van der Waals surface area contributed by atoms with Crippen molar-refractivity contribution in [2.75, 3.05) is 6.61 Å². The van der Waals surface area contributed by atoms with Gasteiger partial charge in [0.05, 0.1) is 6.61 Å². The monoisotopic (exact) mass is 342 g/mol. The van der Waals surface area contributed by atoms with Crippen molar-refractivity contribution >= 4 is 18.2 Å². The van der Waals surface area contributed by atoms with Gasteiger partial charge in [0.1, 0.15) is 24.4 Å². The van der Waals surface area contributed by atoms with E-state index in [-0.39, 0.29) is 12.7 Å². The van der Waals surface area contributed by atoms with Crippen LogP contribution in [0.15, 0.2) is 0 Å². The Kier molecular flexibility index (Phi) is 19.2. The number of carboxylic acids is 2. The Hall–Kier alpha value is -1.59. The summed E-state index contributed by atoms with van der Waals surface area (Å²) >= 11 is 0. The molecule has 0 saturated heterocycles. The molecule has 0 saturated carbocycles. The van der Waals surface area contributed by atoms with Gasteiger partial charge in [-0.3, -0.25) is 9.59 Å². The van der Waals surface area contributed by atoms with E-state index in [0.29, 0.717) is 6.42 Å². The molecule has 0 aromatic heterocycles. The first-order valence-electron chi connectivity index (χ1n) is 6.80. The highest BCUT2D eigenvalue weighted by Gasteiger charge is 2.29. The first-order valence-corrected chi connectivity index (χ1v) is 6.80. The van der Waals surface area contributed by atoms with Gasteiger partial charge in [-0.2, -0.15) is 0 Å². The van der Waals surface area contributed by atoms with E-state index in [4.69, 9.17) is 35.7 Å². The number of hydrogen-bond acceptors (Lipinski definition) is 8. The highest BCUT2D eigenvalue weighted by atomic mass is 16.4. The summed E-state index contributed by atoms with van der Waals surface area (Å²) in [5, 5.41) is 59.2. The molecule has 0 aliphatic heterocycles. The van der Waals surface area contributed by atoms with E-state index >= 15 is 0 Å². The van der Waals surface area contributed by atoms with Crippen molar-refractivity contribution in [1.29, 1.82) is 0 Å². The van der Waals surface area contributed by atoms with Crippen LogP contribution in [0.5, 0.6) is 0 Å². The third-order valence-electron chi connectivity index (χ3n) is 2.19. The van der Waals surface area contributed by atoms with Gasteiger partial charge in [0, 0.05) is 12.8 Å². The van der Waals surface area contributed by atoms with Crippen LogP contribution in [0, 0.1) is 0 Å². The van der Waals surface area contributed by atoms with Crippen LogP contribution in [0.2, 0.25) is 0 Å². The van der Waals surface area contributed by atoms with Gasteiger partial charge < -0.3 is 40.5 Å². The van der Waals surface area contributed by atoms with Crippen molar-refractivity contribution in [3.8, 4) is 0 Å². The second kappa shape index (κ2) is 16.8. The van der Waals surface area contributed by atoms with Gasteiger partial charge in [-0.25, -0.2) is 0 Å². The molecule has 0 aliphatic carbocycles. The van der Waals surface area contributed by atoms with Crippen molar-refractivity contribution in [3.05, 3.63) is 0 Å². The fraction of sp³-hybridized carbons (Fsp3) is 0.769. The van der Waals surface area contributed by atoms with Crippen molar-refractivity contribution in [3.63, 3.8) is 0 Å². The molecule has 0 amide bonds. The normalized spacial score (nSPS) is 14.7. The molecule has 0 spiro atoms. The van der Waals surface area contributed by atoms with Crippen molar-refractivity contribution in [1.82, 2.24) is 0 Å². The highest BCUT2D eigenvalue weighted by molar-refractivity contribution is 5.66. The van der Waals surface area contributed by atoms with E-state index in [1.165, 1.54) is 0 Å². The van der Waals surface area contributed by atoms with Crippen LogP contribution in [-0.2, 0) is 14.4 Å². The Morgan fingerprint density at radius 1 is 0.957 bits per heavy atom. The zero-order valence-corrected chi connectivity index (χ0v) is 13.1. The van der Waals surface area contributed by atoms with Crippen LogP contribution in [0.1, 0.15) is 33.1 Å². The van der Waals surface area contributed by atoms with Crippen LogP contribution in [0.4, 0.5) is 0 Å². The highest BCUT2D eigenvalue weighted by Crippen LogP contribution is 2.02. The SMILES string of the molecule is CCC(=O)O.CCCC(=O)O.O=C[C@H](O)[C@@H](O)[C@H](O)[C@H](O)CO. The summed E-state index contributed by atoms with van der Waals surface area (Å²) in [5.41, 5.74) is 0. The minimum Gasteiger partial charge on any atom is -0.481 e. The molecule has 0 bridgehead atoms. The van der Waals surface area contributed by atoms with Gasteiger partial charge in [-0.1, -0.05) is 13.8 Å². The molecule has 23 heavy (non-hydrogen) atoms. The molecule has 138 valence electrons. The number of carbonyl (C=O) groups is 3. The quantitative estimate of drug-likeness (QED) is 0.242. The lowest BCUT2D eigenvalue weighted by Crippen LogP contribution is -2.46. The number of rotatable bonds is 8. The van der Waals surface area contributed by atoms with Crippen LogP contribution in [-0.4, -0.2) is 85.0 Å². The Labute approximate surface area is 133 Å². The Morgan fingerprint density at radius 3 is 1.57 bits per heavy atom. The van der Waals surface area contributed by atoms with E-state index in [2.05, 4.69) is 0 Å². The second-order valence-corrected chi connectivity index (χ2v) is 4.25. The van der Waals surface area contributed by atoms with Crippen molar-refractivity contribution in [2.24, 2.45) is 0 Å². The van der Waals surface area contributed by atoms with Gasteiger partial charge in [-0.05, 0) is 6.42 Å². The van der Waals surface area contributed by atoms with Gasteiger partial charge in [0.2, 0.25) is 0 Å². The molecule has 10 nitrogen and oxygen atoms in total. The lowest BCUT2D eigenvalue weighted by atomic mass is 10.0. The Morgan fingerprint density at radius 2 is 1.39 bits per heavy atom. The van der Waals surface area contributed by atoms with Crippen molar-refractivity contribution in [2.45, 2.75) is 57.5 Å². The number of aliphatic hydroxyl groups excluding tert-OH is 5. The number of aliphatic carboxylic acids is 2. The Balaban J connectivity index is -0.000000303. The minimum absolute atomic E-state index is 0.0258. The van der Waals surface area contributed by atoms with Crippen LogP contribution in [0.3, 0.4) is 0 Å². The fourth-order valence-electron chi connectivity index (χ4n) is 0.832. The predicted molar refractivity (Wildman–Crippen MR) is 77.6 cm³/mol. The molecular weight excluding hydrogens is 316 g/mol. The van der Waals surface area contributed by atoms with Gasteiger partial charge in [0.25, 0.3) is 0 Å². The number of aldehydes is 1. The smallest absolute Gasteiger partial charge is 0.303 e. The fourth-order valence-corrected chi connectivity index (χ4v) is 0.832. The standard InChI is InChI=1S/C6H12O6.C4H8O2.C3H6O2/c7-1-3(9)5(11)6(12)4(10)2-8;1-2-3-4(5)6;1-2-3(4)5/h1,3-6,8-12H,2H2;2-3H2,1H3,(H,5,6);2H2,1H3,(H,4,5)/t3-,4+,5+,6+;;/m0../s1. The molecular formula is C13H26O10. The van der Waals surface area contributed by atoms with Crippen LogP contribution >= 0.6 is 0 Å². The molecule has 0 aromatic rings. The molecule has 0 heterocycles. The number of carbonyl (C=O) groups excluding carboxylic acids is 1. The van der Waals surface area contributed by atoms with E-state index in [9.17, 15) is 14.4 Å². The predicted octanol–water partition coefficient (Wildman–Crippen LogP) is -2.03. The molecule has 0 radical (unpaired) electrons. The number of carboxylic acid groups (broad SMARTS) is 2. The third-order valence-corrected chi connectivity index (χ3v) is 2.19. The Bertz CT molecular complexity index is 320. The summed E-state index contributed by atoms with van der Waals surface area (Å²) in [6.07, 6.45) is -5.59. The van der Waals surface area contributed by atoms with Gasteiger partial charge in [-0.15, -0.1) is 0 Å². The summed E-state index contributed by atoms with van der Waals surface area (Å²) in [6.45, 7) is 2.68. The molecule has 0 aromatic carbocycles. The molecule has 0 unspecified atom stereocenters. The average Bonchev–Trinajstić information content (AvgIpc) is 2.52. The summed E-state index contributed by atoms with van der Waals surface area (Å²) in [6, 6.07) is 0. The lowest BCUT2D eigenvalue weighted by Gasteiger charge is -2.22.